The fraction of sp³-hybridized carbons (Fsp3) is 0.0968. The smallest absolute Gasteiger partial charge is 0.277 e. The minimum atomic E-state index is -0.0403. The average molecular weight is 471 g/mol. The Hall–Kier alpha value is -4.64. The molecule has 0 unspecified atom stereocenters. The summed E-state index contributed by atoms with van der Waals surface area (Å²) in [5.74, 6) is 0.600. The van der Waals surface area contributed by atoms with Crippen molar-refractivity contribution in [3.05, 3.63) is 114 Å². The Kier molecular flexibility index (Phi) is 5.38. The normalized spacial score (nSPS) is 16.2. The first-order valence-corrected chi connectivity index (χ1v) is 12.2. The van der Waals surface area contributed by atoms with Crippen molar-refractivity contribution in [3.63, 3.8) is 0 Å². The summed E-state index contributed by atoms with van der Waals surface area (Å²) < 4.78 is 2.29. The van der Waals surface area contributed by atoms with Crippen molar-refractivity contribution in [1.82, 2.24) is 14.4 Å². The predicted octanol–water partition coefficient (Wildman–Crippen LogP) is 6.61. The molecule has 1 aromatic heterocycles. The van der Waals surface area contributed by atoms with Crippen molar-refractivity contribution in [2.45, 2.75) is 6.92 Å². The van der Waals surface area contributed by atoms with Gasteiger partial charge < -0.3 is 9.47 Å². The van der Waals surface area contributed by atoms with E-state index in [-0.39, 0.29) is 5.91 Å². The van der Waals surface area contributed by atoms with E-state index in [1.165, 1.54) is 5.39 Å². The fourth-order valence-corrected chi connectivity index (χ4v) is 4.95. The third-order valence-corrected chi connectivity index (χ3v) is 6.68. The van der Waals surface area contributed by atoms with Gasteiger partial charge in [-0.05, 0) is 61.0 Å². The third kappa shape index (κ3) is 3.57. The van der Waals surface area contributed by atoms with Crippen molar-refractivity contribution < 1.29 is 4.79 Å². The van der Waals surface area contributed by atoms with E-state index in [1.807, 2.05) is 61.3 Å². The molecule has 0 saturated carbocycles. The molecule has 5 aromatic rings. The molecular weight excluding hydrogens is 444 g/mol. The molecule has 5 nitrogen and oxygen atoms in total. The summed E-state index contributed by atoms with van der Waals surface area (Å²) in [6, 6.07) is 35.0. The Morgan fingerprint density at radius 1 is 0.778 bits per heavy atom. The quantitative estimate of drug-likeness (QED) is 0.278. The lowest BCUT2D eigenvalue weighted by Gasteiger charge is -2.16. The van der Waals surface area contributed by atoms with E-state index in [9.17, 15) is 4.79 Å². The molecule has 2 heterocycles. The van der Waals surface area contributed by atoms with Gasteiger partial charge >= 0.3 is 0 Å². The van der Waals surface area contributed by atoms with Crippen molar-refractivity contribution >= 4 is 45.4 Å². The number of aliphatic imine (C=N–C) groups is 1. The maximum Gasteiger partial charge on any atom is 0.277 e. The van der Waals surface area contributed by atoms with E-state index in [2.05, 4.69) is 71.3 Å². The summed E-state index contributed by atoms with van der Waals surface area (Å²) in [6.07, 6.45) is 1.96. The van der Waals surface area contributed by atoms with Crippen LogP contribution in [-0.2, 0) is 4.79 Å². The number of rotatable bonds is 4. The van der Waals surface area contributed by atoms with E-state index in [0.29, 0.717) is 18.2 Å². The lowest BCUT2D eigenvalue weighted by Crippen LogP contribution is -2.32. The monoisotopic (exact) mass is 470 g/mol. The summed E-state index contributed by atoms with van der Waals surface area (Å²) >= 11 is 0. The summed E-state index contributed by atoms with van der Waals surface area (Å²) in [7, 11) is 1.90. The number of hydrogen-bond donors (Lipinski definition) is 0. The van der Waals surface area contributed by atoms with Crippen molar-refractivity contribution in [3.8, 4) is 5.69 Å². The molecule has 1 fully saturated rings. The van der Waals surface area contributed by atoms with Crippen LogP contribution in [0.3, 0.4) is 0 Å². The molecule has 6 rings (SSSR count). The molecule has 0 spiro atoms. The topological polar surface area (TPSA) is 40.8 Å². The Morgan fingerprint density at radius 3 is 2.19 bits per heavy atom. The molecule has 0 atom stereocenters. The molecule has 1 amide bonds. The first-order chi connectivity index (χ1) is 17.7. The molecule has 0 N–H and O–H groups in total. The van der Waals surface area contributed by atoms with Gasteiger partial charge in [0.25, 0.3) is 5.91 Å². The Labute approximate surface area is 210 Å². The van der Waals surface area contributed by atoms with Gasteiger partial charge in [0.15, 0.2) is 0 Å². The zero-order valence-corrected chi connectivity index (χ0v) is 20.3. The second kappa shape index (κ2) is 8.86. The van der Waals surface area contributed by atoms with E-state index < -0.39 is 0 Å². The number of amides is 1. The van der Waals surface area contributed by atoms with Gasteiger partial charge in [0, 0.05) is 30.1 Å². The first kappa shape index (κ1) is 21.9. The number of para-hydroxylation sites is 3. The maximum absolute atomic E-state index is 13.3. The van der Waals surface area contributed by atoms with Crippen LogP contribution in [0.1, 0.15) is 12.5 Å². The Morgan fingerprint density at radius 2 is 1.44 bits per heavy atom. The van der Waals surface area contributed by atoms with Gasteiger partial charge in [0.05, 0.1) is 16.7 Å². The molecule has 176 valence electrons. The molecule has 4 aromatic carbocycles. The van der Waals surface area contributed by atoms with E-state index in [4.69, 9.17) is 4.99 Å². The van der Waals surface area contributed by atoms with Gasteiger partial charge in [-0.2, -0.15) is 0 Å². The second-order valence-electron chi connectivity index (χ2n) is 8.85. The number of carbonyl (C=O) groups excluding carboxylic acids is 1. The molecule has 1 saturated heterocycles. The highest BCUT2D eigenvalue weighted by molar-refractivity contribution is 6.16. The number of fused-ring (bicyclic) bond motifs is 3. The van der Waals surface area contributed by atoms with Gasteiger partial charge in [-0.3, -0.25) is 9.69 Å². The minimum Gasteiger partial charge on any atom is -0.310 e. The molecule has 0 aliphatic carbocycles. The van der Waals surface area contributed by atoms with Crippen LogP contribution in [0, 0.1) is 0 Å². The molecular formula is C31H26N4O. The number of guanidine groups is 1. The largest absolute Gasteiger partial charge is 0.310 e. The van der Waals surface area contributed by atoms with Crippen LogP contribution in [0.4, 0.5) is 5.69 Å². The lowest BCUT2D eigenvalue weighted by atomic mass is 10.1. The molecule has 36 heavy (non-hydrogen) atoms. The third-order valence-electron chi connectivity index (χ3n) is 6.68. The van der Waals surface area contributed by atoms with E-state index in [1.54, 1.807) is 4.90 Å². The Balaban J connectivity index is 1.47. The second-order valence-corrected chi connectivity index (χ2v) is 8.85. The lowest BCUT2D eigenvalue weighted by molar-refractivity contribution is -0.122. The highest BCUT2D eigenvalue weighted by atomic mass is 16.2. The van der Waals surface area contributed by atoms with Crippen LogP contribution in [0.5, 0.6) is 0 Å². The number of hydrogen-bond acceptors (Lipinski definition) is 2. The first-order valence-electron chi connectivity index (χ1n) is 12.2. The molecule has 0 bridgehead atoms. The van der Waals surface area contributed by atoms with Crippen molar-refractivity contribution in [2.75, 3.05) is 13.6 Å². The van der Waals surface area contributed by atoms with Crippen LogP contribution in [0.25, 0.3) is 33.6 Å². The van der Waals surface area contributed by atoms with Gasteiger partial charge in [0.1, 0.15) is 5.70 Å². The number of carbonyl (C=O) groups is 1. The zero-order chi connectivity index (χ0) is 24.6. The van der Waals surface area contributed by atoms with Crippen LogP contribution < -0.4 is 0 Å². The van der Waals surface area contributed by atoms with Crippen LogP contribution >= 0.6 is 0 Å². The fourth-order valence-electron chi connectivity index (χ4n) is 4.95. The average Bonchev–Trinajstić information content (AvgIpc) is 3.36. The van der Waals surface area contributed by atoms with Crippen molar-refractivity contribution in [2.24, 2.45) is 4.99 Å². The van der Waals surface area contributed by atoms with E-state index in [0.717, 1.165) is 33.4 Å². The molecule has 1 aliphatic heterocycles. The SMILES string of the molecule is CCN1C(=O)C(=Cc2ccc3c(c2)c2ccccc2n3-c2ccccc2)N(C)C1=Nc1ccccc1. The number of nitrogens with zero attached hydrogens (tertiary/aromatic N) is 4. The van der Waals surface area contributed by atoms with Gasteiger partial charge in [-0.15, -0.1) is 0 Å². The number of likely N-dealkylation sites (N-methyl/N-ethyl adjacent to an activating group) is 2. The number of aromatic nitrogens is 1. The summed E-state index contributed by atoms with van der Waals surface area (Å²) in [6.45, 7) is 2.52. The molecule has 5 heteroatoms. The number of benzene rings is 4. The Bertz CT molecular complexity index is 1650. The summed E-state index contributed by atoms with van der Waals surface area (Å²) in [5, 5.41) is 2.34. The zero-order valence-electron chi connectivity index (χ0n) is 20.3. The van der Waals surface area contributed by atoms with E-state index >= 15 is 0 Å². The highest BCUT2D eigenvalue weighted by Crippen LogP contribution is 2.33. The maximum atomic E-state index is 13.3. The van der Waals surface area contributed by atoms with Crippen molar-refractivity contribution in [1.29, 1.82) is 0 Å². The summed E-state index contributed by atoms with van der Waals surface area (Å²) in [5.41, 5.74) is 5.83. The van der Waals surface area contributed by atoms with Gasteiger partial charge in [-0.1, -0.05) is 60.7 Å². The van der Waals surface area contributed by atoms with Gasteiger partial charge in [-0.25, -0.2) is 4.99 Å². The van der Waals surface area contributed by atoms with Crippen LogP contribution in [0.15, 0.2) is 114 Å². The minimum absolute atomic E-state index is 0.0403. The molecule has 0 radical (unpaired) electrons. The van der Waals surface area contributed by atoms with Crippen LogP contribution in [-0.4, -0.2) is 39.8 Å². The summed E-state index contributed by atoms with van der Waals surface area (Å²) in [4.78, 5) is 21.7. The van der Waals surface area contributed by atoms with Gasteiger partial charge in [0.2, 0.25) is 5.96 Å². The predicted molar refractivity (Wildman–Crippen MR) is 147 cm³/mol. The molecule has 1 aliphatic rings. The highest BCUT2D eigenvalue weighted by Gasteiger charge is 2.36. The van der Waals surface area contributed by atoms with Crippen LogP contribution in [0.2, 0.25) is 0 Å². The standard InChI is InChI=1S/C31H26N4O/c1-3-34-30(36)29(33(2)31(34)32-23-12-6-4-7-13-23)21-22-18-19-28-26(20-22)25-16-10-11-17-27(25)35(28)24-14-8-5-9-15-24/h4-21H,3H2,1-2H3.